The summed E-state index contributed by atoms with van der Waals surface area (Å²) >= 11 is 0. The van der Waals surface area contributed by atoms with E-state index in [0.717, 1.165) is 59.9 Å². The zero-order valence-electron chi connectivity index (χ0n) is 20.4. The summed E-state index contributed by atoms with van der Waals surface area (Å²) < 4.78 is 0. The first kappa shape index (κ1) is 22.9. The molecule has 4 nitrogen and oxygen atoms in total. The first-order chi connectivity index (χ1) is 14.7. The summed E-state index contributed by atoms with van der Waals surface area (Å²) in [5, 5.41) is 26.5. The summed E-state index contributed by atoms with van der Waals surface area (Å²) in [6.45, 7) is 12.2. The molecule has 3 saturated carbocycles. The molecule has 0 radical (unpaired) electrons. The van der Waals surface area contributed by atoms with Gasteiger partial charge in [0, 0.05) is 0 Å². The van der Waals surface area contributed by atoms with Gasteiger partial charge in [0.05, 0.1) is 11.4 Å². The highest BCUT2D eigenvalue weighted by molar-refractivity contribution is 6.09. The molecule has 0 aromatic carbocycles. The fourth-order valence-corrected chi connectivity index (χ4v) is 8.62. The van der Waals surface area contributed by atoms with Crippen molar-refractivity contribution in [2.24, 2.45) is 56.6 Å². The van der Waals surface area contributed by atoms with E-state index in [4.69, 9.17) is 0 Å². The maximum atomic E-state index is 9.93. The lowest BCUT2D eigenvalue weighted by atomic mass is 9.46. The van der Waals surface area contributed by atoms with Crippen LogP contribution in [-0.2, 0) is 0 Å². The highest BCUT2D eigenvalue weighted by Gasteiger charge is 2.60. The number of allylic oxidation sites excluding steroid dienone is 2. The van der Waals surface area contributed by atoms with E-state index in [1.165, 1.54) is 44.9 Å². The molecule has 7 atom stereocenters. The SMILES string of the molecule is CC(C)CCC[C@@H](C)[C@H]1CC[C@H]2[C@@H]3C/C(=N/O)C4=C/C(=N\O)CC[C@]4(C)[C@H]3CC[C@]12C. The van der Waals surface area contributed by atoms with Gasteiger partial charge in [0.25, 0.3) is 0 Å². The van der Waals surface area contributed by atoms with Crippen molar-refractivity contribution in [3.63, 3.8) is 0 Å². The largest absolute Gasteiger partial charge is 0.411 e. The van der Waals surface area contributed by atoms with Crippen molar-refractivity contribution in [3.05, 3.63) is 11.6 Å². The molecule has 0 saturated heterocycles. The smallest absolute Gasteiger partial charge is 0.0836 e. The predicted octanol–water partition coefficient (Wildman–Crippen LogP) is 7.30. The number of nitrogens with zero attached hydrogens (tertiary/aromatic N) is 2. The van der Waals surface area contributed by atoms with Crippen LogP contribution >= 0.6 is 0 Å². The molecule has 0 aromatic heterocycles. The zero-order valence-corrected chi connectivity index (χ0v) is 20.4. The van der Waals surface area contributed by atoms with Crippen molar-refractivity contribution >= 4 is 11.4 Å². The van der Waals surface area contributed by atoms with E-state index in [1.54, 1.807) is 0 Å². The number of hydrogen-bond donors (Lipinski definition) is 2. The number of oxime groups is 2. The third kappa shape index (κ3) is 3.76. The van der Waals surface area contributed by atoms with Crippen molar-refractivity contribution in [1.29, 1.82) is 0 Å². The first-order valence-corrected chi connectivity index (χ1v) is 12.9. The Morgan fingerprint density at radius 1 is 1.00 bits per heavy atom. The highest BCUT2D eigenvalue weighted by Crippen LogP contribution is 2.67. The maximum Gasteiger partial charge on any atom is 0.0836 e. The van der Waals surface area contributed by atoms with Gasteiger partial charge in [-0.25, -0.2) is 0 Å². The lowest BCUT2D eigenvalue weighted by Gasteiger charge is -2.58. The van der Waals surface area contributed by atoms with E-state index in [0.29, 0.717) is 17.3 Å². The van der Waals surface area contributed by atoms with E-state index < -0.39 is 0 Å². The molecule has 4 heteroatoms. The Labute approximate surface area is 189 Å². The molecule has 0 aliphatic heterocycles. The highest BCUT2D eigenvalue weighted by atomic mass is 16.4. The van der Waals surface area contributed by atoms with Crippen LogP contribution in [0.3, 0.4) is 0 Å². The second-order valence-electron chi connectivity index (χ2n) is 12.2. The molecule has 4 aliphatic rings. The summed E-state index contributed by atoms with van der Waals surface area (Å²) in [6.07, 6.45) is 14.1. The number of hydrogen-bond acceptors (Lipinski definition) is 4. The Morgan fingerprint density at radius 2 is 1.77 bits per heavy atom. The van der Waals surface area contributed by atoms with Gasteiger partial charge in [-0.15, -0.1) is 0 Å². The predicted molar refractivity (Wildman–Crippen MR) is 127 cm³/mol. The average Bonchev–Trinajstić information content (AvgIpc) is 3.09. The minimum atomic E-state index is 0.0426. The van der Waals surface area contributed by atoms with Crippen molar-refractivity contribution in [2.45, 2.75) is 98.8 Å². The molecule has 0 unspecified atom stereocenters. The van der Waals surface area contributed by atoms with Crippen LogP contribution in [0.2, 0.25) is 0 Å². The molecule has 0 spiro atoms. The molecule has 0 heterocycles. The van der Waals surface area contributed by atoms with E-state index in [1.807, 2.05) is 6.08 Å². The minimum Gasteiger partial charge on any atom is -0.411 e. The summed E-state index contributed by atoms with van der Waals surface area (Å²) in [5.41, 5.74) is 3.19. The summed E-state index contributed by atoms with van der Waals surface area (Å²) in [4.78, 5) is 0. The average molecular weight is 429 g/mol. The second-order valence-corrected chi connectivity index (χ2v) is 12.2. The molecular weight excluding hydrogens is 384 g/mol. The Morgan fingerprint density at radius 3 is 2.45 bits per heavy atom. The van der Waals surface area contributed by atoms with E-state index in [9.17, 15) is 10.4 Å². The van der Waals surface area contributed by atoms with Crippen molar-refractivity contribution in [1.82, 2.24) is 0 Å². The third-order valence-electron chi connectivity index (χ3n) is 10.3. The van der Waals surface area contributed by atoms with Gasteiger partial charge in [0.2, 0.25) is 0 Å². The summed E-state index contributed by atoms with van der Waals surface area (Å²) in [6, 6.07) is 0. The lowest BCUT2D eigenvalue weighted by molar-refractivity contribution is -0.0426. The quantitative estimate of drug-likeness (QED) is 0.356. The van der Waals surface area contributed by atoms with Crippen LogP contribution in [0.1, 0.15) is 98.8 Å². The van der Waals surface area contributed by atoms with Crippen LogP contribution in [0.5, 0.6) is 0 Å². The van der Waals surface area contributed by atoms with Gasteiger partial charge in [0.15, 0.2) is 0 Å². The molecule has 4 aliphatic carbocycles. The van der Waals surface area contributed by atoms with Crippen LogP contribution in [0.25, 0.3) is 0 Å². The summed E-state index contributed by atoms with van der Waals surface area (Å²) in [5.74, 6) is 4.47. The van der Waals surface area contributed by atoms with Gasteiger partial charge >= 0.3 is 0 Å². The fourth-order valence-electron chi connectivity index (χ4n) is 8.62. The molecule has 4 rings (SSSR count). The fraction of sp³-hybridized carbons (Fsp3) is 0.852. The molecule has 3 fully saturated rings. The van der Waals surface area contributed by atoms with Crippen LogP contribution in [0.15, 0.2) is 22.0 Å². The molecule has 0 amide bonds. The Hall–Kier alpha value is -1.32. The van der Waals surface area contributed by atoms with Gasteiger partial charge in [-0.2, -0.15) is 0 Å². The second kappa shape index (κ2) is 8.56. The first-order valence-electron chi connectivity index (χ1n) is 12.9. The van der Waals surface area contributed by atoms with E-state index in [2.05, 4.69) is 44.9 Å². The minimum absolute atomic E-state index is 0.0426. The number of rotatable bonds is 5. The van der Waals surface area contributed by atoms with Crippen LogP contribution in [-0.4, -0.2) is 21.8 Å². The van der Waals surface area contributed by atoms with Gasteiger partial charge in [-0.05, 0) is 103 Å². The van der Waals surface area contributed by atoms with Crippen LogP contribution < -0.4 is 0 Å². The standard InChI is InChI=1S/C27H44N2O2/c1-17(2)7-6-8-18(3)21-9-10-22-20-16-25(29-31)24-15-19(28-30)11-13-27(24,5)23(20)12-14-26(21,22)4/h15,17-18,20-23,30-31H,6-14,16H2,1-5H3/b28-19-,29-25-/t18-,20+,21-,22+,23+,26-,27-/m1/s1. The van der Waals surface area contributed by atoms with Gasteiger partial charge in [-0.1, -0.05) is 64.2 Å². The van der Waals surface area contributed by atoms with Gasteiger partial charge in [0.1, 0.15) is 0 Å². The Bertz CT molecular complexity index is 769. The molecule has 0 aromatic rings. The topological polar surface area (TPSA) is 65.2 Å². The molecular formula is C27H44N2O2. The van der Waals surface area contributed by atoms with Gasteiger partial charge < -0.3 is 10.4 Å². The third-order valence-corrected chi connectivity index (χ3v) is 10.3. The van der Waals surface area contributed by atoms with Crippen molar-refractivity contribution in [2.75, 3.05) is 0 Å². The van der Waals surface area contributed by atoms with Crippen LogP contribution in [0.4, 0.5) is 0 Å². The Balaban J connectivity index is 1.57. The van der Waals surface area contributed by atoms with Gasteiger partial charge in [-0.3, -0.25) is 0 Å². The van der Waals surface area contributed by atoms with Crippen molar-refractivity contribution in [3.8, 4) is 0 Å². The lowest BCUT2D eigenvalue weighted by Crippen LogP contribution is -2.53. The Kier molecular flexibility index (Phi) is 6.31. The normalized spacial score (nSPS) is 43.5. The zero-order chi connectivity index (χ0) is 22.4. The van der Waals surface area contributed by atoms with Crippen molar-refractivity contribution < 1.29 is 10.4 Å². The molecule has 31 heavy (non-hydrogen) atoms. The number of fused-ring (bicyclic) bond motifs is 5. The molecule has 174 valence electrons. The monoisotopic (exact) mass is 428 g/mol. The summed E-state index contributed by atoms with van der Waals surface area (Å²) in [7, 11) is 0. The molecule has 0 bridgehead atoms. The van der Waals surface area contributed by atoms with E-state index in [-0.39, 0.29) is 5.41 Å². The molecule has 2 N–H and O–H groups in total. The van der Waals surface area contributed by atoms with Crippen LogP contribution in [0, 0.1) is 46.3 Å². The van der Waals surface area contributed by atoms with E-state index >= 15 is 0 Å². The maximum absolute atomic E-state index is 9.93.